The van der Waals surface area contributed by atoms with Gasteiger partial charge in [-0.2, -0.15) is 0 Å². The zero-order chi connectivity index (χ0) is 10.5. The average Bonchev–Trinajstić information content (AvgIpc) is 2.21. The molecule has 0 aliphatic heterocycles. The SMILES string of the molecule is CCCCCCCCCCCCCCl.N. The van der Waals surface area contributed by atoms with Crippen LogP contribution in [0.2, 0.25) is 0 Å². The number of hydrogen-bond donors (Lipinski definition) is 1. The second-order valence-electron chi connectivity index (χ2n) is 4.22. The largest absolute Gasteiger partial charge is 0.344 e. The van der Waals surface area contributed by atoms with Crippen molar-refractivity contribution in [3.8, 4) is 0 Å². The molecule has 1 nitrogen and oxygen atoms in total. The highest BCUT2D eigenvalue weighted by molar-refractivity contribution is 6.17. The first-order valence-corrected chi connectivity index (χ1v) is 7.01. The lowest BCUT2D eigenvalue weighted by Crippen LogP contribution is -1.82. The predicted molar refractivity (Wildman–Crippen MR) is 72.2 cm³/mol. The number of rotatable bonds is 11. The van der Waals surface area contributed by atoms with Crippen molar-refractivity contribution >= 4 is 11.6 Å². The van der Waals surface area contributed by atoms with E-state index < -0.39 is 0 Å². The standard InChI is InChI=1S/C13H27Cl.H3N/c1-2-3-4-5-6-7-8-9-10-11-12-13-14;/h2-13H2,1H3;1H3. The van der Waals surface area contributed by atoms with E-state index in [0.717, 1.165) is 5.88 Å². The lowest BCUT2D eigenvalue weighted by molar-refractivity contribution is 0.555. The summed E-state index contributed by atoms with van der Waals surface area (Å²) in [5.41, 5.74) is 0. The lowest BCUT2D eigenvalue weighted by Gasteiger charge is -2.01. The molecule has 0 aliphatic rings. The quantitative estimate of drug-likeness (QED) is 0.362. The third-order valence-corrected chi connectivity index (χ3v) is 3.00. The van der Waals surface area contributed by atoms with Crippen molar-refractivity contribution in [3.05, 3.63) is 0 Å². The van der Waals surface area contributed by atoms with Crippen molar-refractivity contribution in [2.24, 2.45) is 0 Å². The highest BCUT2D eigenvalue weighted by atomic mass is 35.5. The molecule has 0 saturated carbocycles. The van der Waals surface area contributed by atoms with Crippen LogP contribution in [-0.2, 0) is 0 Å². The Morgan fingerprint density at radius 1 is 0.600 bits per heavy atom. The summed E-state index contributed by atoms with van der Waals surface area (Å²) in [6, 6.07) is 0. The van der Waals surface area contributed by atoms with Crippen LogP contribution in [0, 0.1) is 0 Å². The zero-order valence-corrected chi connectivity index (χ0v) is 11.3. The zero-order valence-electron chi connectivity index (χ0n) is 10.6. The molecule has 0 bridgehead atoms. The summed E-state index contributed by atoms with van der Waals surface area (Å²) < 4.78 is 0. The maximum Gasteiger partial charge on any atom is 0.0223 e. The summed E-state index contributed by atoms with van der Waals surface area (Å²) in [7, 11) is 0. The van der Waals surface area contributed by atoms with Gasteiger partial charge in [-0.15, -0.1) is 11.6 Å². The maximum absolute atomic E-state index is 5.61. The average molecular weight is 236 g/mol. The van der Waals surface area contributed by atoms with E-state index in [9.17, 15) is 0 Å². The van der Waals surface area contributed by atoms with Crippen LogP contribution in [0.5, 0.6) is 0 Å². The van der Waals surface area contributed by atoms with Crippen LogP contribution in [0.4, 0.5) is 0 Å². The molecule has 0 radical (unpaired) electrons. The van der Waals surface area contributed by atoms with E-state index in [2.05, 4.69) is 6.92 Å². The first-order chi connectivity index (χ1) is 6.91. The molecule has 0 unspecified atom stereocenters. The minimum atomic E-state index is 0. The molecule has 0 heterocycles. The fourth-order valence-electron chi connectivity index (χ4n) is 1.76. The van der Waals surface area contributed by atoms with Gasteiger partial charge in [-0.1, -0.05) is 71.1 Å². The summed E-state index contributed by atoms with van der Waals surface area (Å²) >= 11 is 5.61. The Bertz CT molecular complexity index is 84.5. The van der Waals surface area contributed by atoms with Crippen LogP contribution >= 0.6 is 11.6 Å². The van der Waals surface area contributed by atoms with Crippen LogP contribution in [-0.4, -0.2) is 5.88 Å². The van der Waals surface area contributed by atoms with Gasteiger partial charge in [-0.25, -0.2) is 0 Å². The topological polar surface area (TPSA) is 35.0 Å². The number of alkyl halides is 1. The lowest BCUT2D eigenvalue weighted by atomic mass is 10.1. The van der Waals surface area contributed by atoms with Gasteiger partial charge < -0.3 is 6.15 Å². The Balaban J connectivity index is 0. The smallest absolute Gasteiger partial charge is 0.0223 e. The molecule has 3 N–H and O–H groups in total. The second-order valence-corrected chi connectivity index (χ2v) is 4.60. The summed E-state index contributed by atoms with van der Waals surface area (Å²) in [4.78, 5) is 0. The van der Waals surface area contributed by atoms with Crippen LogP contribution < -0.4 is 6.15 Å². The van der Waals surface area contributed by atoms with E-state index >= 15 is 0 Å². The van der Waals surface area contributed by atoms with Gasteiger partial charge in [-0.3, -0.25) is 0 Å². The van der Waals surface area contributed by atoms with E-state index in [1.165, 1.54) is 70.6 Å². The molecule has 0 rings (SSSR count). The van der Waals surface area contributed by atoms with Crippen molar-refractivity contribution in [1.29, 1.82) is 0 Å². The molecule has 0 aromatic rings. The van der Waals surface area contributed by atoms with E-state index in [4.69, 9.17) is 11.6 Å². The van der Waals surface area contributed by atoms with Gasteiger partial charge in [0.25, 0.3) is 0 Å². The first-order valence-electron chi connectivity index (χ1n) is 6.47. The minimum absolute atomic E-state index is 0. The monoisotopic (exact) mass is 235 g/mol. The van der Waals surface area contributed by atoms with Crippen molar-refractivity contribution in [2.75, 3.05) is 5.88 Å². The molecule has 0 spiro atoms. The van der Waals surface area contributed by atoms with Crippen molar-refractivity contribution in [1.82, 2.24) is 6.15 Å². The molecular formula is C13H30ClN. The number of halogens is 1. The van der Waals surface area contributed by atoms with E-state index in [0.29, 0.717) is 0 Å². The van der Waals surface area contributed by atoms with Crippen LogP contribution in [0.3, 0.4) is 0 Å². The highest BCUT2D eigenvalue weighted by Crippen LogP contribution is 2.11. The Labute approximate surface area is 102 Å². The normalized spacial score (nSPS) is 10.0. The number of hydrogen-bond acceptors (Lipinski definition) is 1. The third-order valence-electron chi connectivity index (χ3n) is 2.74. The predicted octanol–water partition coefficient (Wildman–Crippen LogP) is 5.70. The molecule has 2 heteroatoms. The van der Waals surface area contributed by atoms with E-state index in [-0.39, 0.29) is 6.15 Å². The molecule has 15 heavy (non-hydrogen) atoms. The van der Waals surface area contributed by atoms with E-state index in [1.54, 1.807) is 0 Å². The summed E-state index contributed by atoms with van der Waals surface area (Å²) in [5, 5.41) is 0. The molecular weight excluding hydrogens is 206 g/mol. The summed E-state index contributed by atoms with van der Waals surface area (Å²) in [6.45, 7) is 2.27. The molecule has 0 amide bonds. The second kappa shape index (κ2) is 16.7. The van der Waals surface area contributed by atoms with E-state index in [1.807, 2.05) is 0 Å². The van der Waals surface area contributed by atoms with Gasteiger partial charge in [0.15, 0.2) is 0 Å². The summed E-state index contributed by atoms with van der Waals surface area (Å²) in [6.07, 6.45) is 15.4. The molecule has 0 aromatic carbocycles. The fourth-order valence-corrected chi connectivity index (χ4v) is 1.95. The van der Waals surface area contributed by atoms with Crippen molar-refractivity contribution in [2.45, 2.75) is 77.6 Å². The van der Waals surface area contributed by atoms with Gasteiger partial charge in [0.05, 0.1) is 0 Å². The van der Waals surface area contributed by atoms with Crippen LogP contribution in [0.15, 0.2) is 0 Å². The molecule has 0 fully saturated rings. The Morgan fingerprint density at radius 3 is 1.27 bits per heavy atom. The van der Waals surface area contributed by atoms with Crippen LogP contribution in [0.1, 0.15) is 77.6 Å². The van der Waals surface area contributed by atoms with Gasteiger partial charge in [0.2, 0.25) is 0 Å². The Morgan fingerprint density at radius 2 is 0.933 bits per heavy atom. The van der Waals surface area contributed by atoms with Crippen molar-refractivity contribution in [3.63, 3.8) is 0 Å². The van der Waals surface area contributed by atoms with Gasteiger partial charge >= 0.3 is 0 Å². The Kier molecular flexibility index (Phi) is 19.6. The van der Waals surface area contributed by atoms with Crippen LogP contribution in [0.25, 0.3) is 0 Å². The first kappa shape index (κ1) is 17.6. The molecule has 0 aliphatic carbocycles. The summed E-state index contributed by atoms with van der Waals surface area (Å²) in [5.74, 6) is 0.844. The minimum Gasteiger partial charge on any atom is -0.344 e. The Hall–Kier alpha value is 0.250. The highest BCUT2D eigenvalue weighted by Gasteiger charge is 1.91. The molecule has 94 valence electrons. The molecule has 0 atom stereocenters. The molecule has 0 saturated heterocycles. The van der Waals surface area contributed by atoms with Crippen molar-refractivity contribution < 1.29 is 0 Å². The van der Waals surface area contributed by atoms with Gasteiger partial charge in [-0.05, 0) is 6.42 Å². The fraction of sp³-hybridized carbons (Fsp3) is 1.00. The maximum atomic E-state index is 5.61. The molecule has 0 aromatic heterocycles. The van der Waals surface area contributed by atoms with Gasteiger partial charge in [0, 0.05) is 5.88 Å². The number of unbranched alkanes of at least 4 members (excludes halogenated alkanes) is 10. The third kappa shape index (κ3) is 16.9. The van der Waals surface area contributed by atoms with Gasteiger partial charge in [0.1, 0.15) is 0 Å².